The first-order chi connectivity index (χ1) is 11.3. The molecule has 1 aliphatic rings. The average molecular weight is 330 g/mol. The Labute approximate surface area is 140 Å². The Morgan fingerprint density at radius 2 is 2.21 bits per heavy atom. The first-order valence-electron chi connectivity index (χ1n) is 7.98. The fourth-order valence-electron chi connectivity index (χ4n) is 2.86. The molecule has 1 saturated heterocycles. The molecule has 3 heterocycles. The van der Waals surface area contributed by atoms with Gasteiger partial charge < -0.3 is 15.4 Å². The number of pyridine rings is 1. The summed E-state index contributed by atoms with van der Waals surface area (Å²) in [6, 6.07) is 3.26. The van der Waals surface area contributed by atoms with Gasteiger partial charge in [-0.2, -0.15) is 0 Å². The van der Waals surface area contributed by atoms with Gasteiger partial charge in [0.05, 0.1) is 24.3 Å². The Bertz CT molecular complexity index is 791. The van der Waals surface area contributed by atoms with Gasteiger partial charge in [-0.15, -0.1) is 0 Å². The van der Waals surface area contributed by atoms with E-state index in [0.717, 1.165) is 5.39 Å². The Morgan fingerprint density at radius 1 is 1.46 bits per heavy atom. The molecule has 2 N–H and O–H groups in total. The predicted molar refractivity (Wildman–Crippen MR) is 89.4 cm³/mol. The van der Waals surface area contributed by atoms with Gasteiger partial charge in [-0.3, -0.25) is 9.78 Å². The molecule has 1 atom stereocenters. The van der Waals surface area contributed by atoms with Crippen molar-refractivity contribution in [1.82, 2.24) is 14.5 Å². The molecule has 1 fully saturated rings. The van der Waals surface area contributed by atoms with E-state index in [1.807, 2.05) is 32.9 Å². The van der Waals surface area contributed by atoms with Crippen LogP contribution in [0.4, 0.5) is 4.79 Å². The molecule has 1 amide bonds. The van der Waals surface area contributed by atoms with E-state index in [1.165, 1.54) is 4.57 Å². The number of nitrogens with two attached hydrogens (primary N) is 1. The van der Waals surface area contributed by atoms with Crippen LogP contribution in [0, 0.1) is 0 Å². The summed E-state index contributed by atoms with van der Waals surface area (Å²) in [7, 11) is 0. The molecular formula is C17H22N4O3. The van der Waals surface area contributed by atoms with Crippen molar-refractivity contribution in [3.8, 4) is 0 Å². The second-order valence-electron chi connectivity index (χ2n) is 7.04. The monoisotopic (exact) mass is 330 g/mol. The maximum Gasteiger partial charge on any atom is 0.419 e. The summed E-state index contributed by atoms with van der Waals surface area (Å²) in [5.74, 6) is -0.0888. The second-order valence-corrected chi connectivity index (χ2v) is 7.04. The summed E-state index contributed by atoms with van der Waals surface area (Å²) in [6.07, 6.45) is 3.45. The van der Waals surface area contributed by atoms with E-state index in [9.17, 15) is 9.59 Å². The number of rotatable bonds is 2. The zero-order chi connectivity index (χ0) is 17.5. The molecular weight excluding hydrogens is 308 g/mol. The molecule has 7 heteroatoms. The SMILES string of the molecule is CC(C)(C)OC(=O)n1c(CN2CCC(N)C2=O)cc2ccncc21. The highest BCUT2D eigenvalue weighted by Gasteiger charge is 2.30. The highest BCUT2D eigenvalue weighted by Crippen LogP contribution is 2.23. The van der Waals surface area contributed by atoms with Crippen molar-refractivity contribution in [2.75, 3.05) is 6.54 Å². The first kappa shape index (κ1) is 16.4. The maximum absolute atomic E-state index is 12.7. The molecule has 1 unspecified atom stereocenters. The number of carbonyl (C=O) groups excluding carboxylic acids is 2. The lowest BCUT2D eigenvalue weighted by Gasteiger charge is -2.22. The number of ether oxygens (including phenoxy) is 1. The topological polar surface area (TPSA) is 90.5 Å². The number of likely N-dealkylation sites (tertiary alicyclic amines) is 1. The second kappa shape index (κ2) is 5.90. The summed E-state index contributed by atoms with van der Waals surface area (Å²) in [6.45, 7) is 6.36. The highest BCUT2D eigenvalue weighted by atomic mass is 16.6. The summed E-state index contributed by atoms with van der Waals surface area (Å²) < 4.78 is 7.00. The van der Waals surface area contributed by atoms with Crippen molar-refractivity contribution in [3.05, 3.63) is 30.2 Å². The van der Waals surface area contributed by atoms with Crippen LogP contribution < -0.4 is 5.73 Å². The summed E-state index contributed by atoms with van der Waals surface area (Å²) >= 11 is 0. The minimum atomic E-state index is -0.612. The van der Waals surface area contributed by atoms with Crippen LogP contribution in [-0.4, -0.2) is 44.6 Å². The third-order valence-corrected chi connectivity index (χ3v) is 3.95. The molecule has 7 nitrogen and oxygen atoms in total. The van der Waals surface area contributed by atoms with Gasteiger partial charge in [0, 0.05) is 23.8 Å². The lowest BCUT2D eigenvalue weighted by Crippen LogP contribution is -2.35. The van der Waals surface area contributed by atoms with Gasteiger partial charge in [-0.25, -0.2) is 9.36 Å². The van der Waals surface area contributed by atoms with E-state index in [0.29, 0.717) is 30.7 Å². The van der Waals surface area contributed by atoms with Crippen molar-refractivity contribution in [2.24, 2.45) is 5.73 Å². The molecule has 3 rings (SSSR count). The van der Waals surface area contributed by atoms with Gasteiger partial charge in [-0.05, 0) is 39.3 Å². The van der Waals surface area contributed by atoms with Crippen LogP contribution >= 0.6 is 0 Å². The van der Waals surface area contributed by atoms with Gasteiger partial charge in [0.2, 0.25) is 5.91 Å². The summed E-state index contributed by atoms with van der Waals surface area (Å²) in [5, 5.41) is 0.877. The number of nitrogens with zero attached hydrogens (tertiary/aromatic N) is 3. The van der Waals surface area contributed by atoms with Crippen LogP contribution in [0.25, 0.3) is 10.9 Å². The minimum Gasteiger partial charge on any atom is -0.443 e. The smallest absolute Gasteiger partial charge is 0.419 e. The van der Waals surface area contributed by atoms with Crippen LogP contribution in [0.2, 0.25) is 0 Å². The largest absolute Gasteiger partial charge is 0.443 e. The quantitative estimate of drug-likeness (QED) is 0.908. The van der Waals surface area contributed by atoms with E-state index in [-0.39, 0.29) is 5.91 Å². The Hall–Kier alpha value is -2.41. The average Bonchev–Trinajstić information content (AvgIpc) is 3.00. The number of aromatic nitrogens is 2. The van der Waals surface area contributed by atoms with E-state index < -0.39 is 17.7 Å². The normalized spacial score (nSPS) is 18.4. The van der Waals surface area contributed by atoms with E-state index >= 15 is 0 Å². The van der Waals surface area contributed by atoms with Crippen molar-refractivity contribution in [2.45, 2.75) is 45.4 Å². The molecule has 0 spiro atoms. The number of fused-ring (bicyclic) bond motifs is 1. The Balaban J connectivity index is 1.99. The van der Waals surface area contributed by atoms with Gasteiger partial charge >= 0.3 is 6.09 Å². The maximum atomic E-state index is 12.7. The van der Waals surface area contributed by atoms with Gasteiger partial charge in [0.1, 0.15) is 5.60 Å². The van der Waals surface area contributed by atoms with Crippen molar-refractivity contribution < 1.29 is 14.3 Å². The molecule has 1 aliphatic heterocycles. The van der Waals surface area contributed by atoms with Crippen LogP contribution in [-0.2, 0) is 16.1 Å². The molecule has 0 saturated carbocycles. The van der Waals surface area contributed by atoms with Crippen molar-refractivity contribution in [1.29, 1.82) is 0 Å². The highest BCUT2D eigenvalue weighted by molar-refractivity contribution is 5.91. The third kappa shape index (κ3) is 3.12. The molecule has 0 radical (unpaired) electrons. The Kier molecular flexibility index (Phi) is 4.04. The standard InChI is InChI=1S/C17H22N4O3/c1-17(2,3)24-16(23)21-12(8-11-4-6-19-9-14(11)21)10-20-7-5-13(18)15(20)22/h4,6,8-9,13H,5,7,10,18H2,1-3H3. The molecule has 0 aromatic carbocycles. The zero-order valence-electron chi connectivity index (χ0n) is 14.2. The van der Waals surface area contributed by atoms with Gasteiger partial charge in [0.15, 0.2) is 0 Å². The van der Waals surface area contributed by atoms with Crippen LogP contribution in [0.15, 0.2) is 24.5 Å². The first-order valence-corrected chi connectivity index (χ1v) is 7.98. The molecule has 2 aromatic heterocycles. The molecule has 128 valence electrons. The molecule has 24 heavy (non-hydrogen) atoms. The van der Waals surface area contributed by atoms with Crippen molar-refractivity contribution >= 4 is 22.9 Å². The van der Waals surface area contributed by atoms with E-state index in [2.05, 4.69) is 4.98 Å². The van der Waals surface area contributed by atoms with Gasteiger partial charge in [0.25, 0.3) is 0 Å². The fraction of sp³-hybridized carbons (Fsp3) is 0.471. The van der Waals surface area contributed by atoms with Crippen molar-refractivity contribution in [3.63, 3.8) is 0 Å². The predicted octanol–water partition coefficient (Wildman–Crippen LogP) is 1.88. The molecule has 2 aromatic rings. The zero-order valence-corrected chi connectivity index (χ0v) is 14.2. The van der Waals surface area contributed by atoms with E-state index in [1.54, 1.807) is 17.3 Å². The van der Waals surface area contributed by atoms with Crippen LogP contribution in [0.3, 0.4) is 0 Å². The number of hydrogen-bond donors (Lipinski definition) is 1. The molecule has 0 bridgehead atoms. The van der Waals surface area contributed by atoms with Crippen LogP contribution in [0.1, 0.15) is 32.9 Å². The molecule has 0 aliphatic carbocycles. The number of hydrogen-bond acceptors (Lipinski definition) is 5. The lowest BCUT2D eigenvalue weighted by atomic mass is 10.2. The minimum absolute atomic E-state index is 0.0888. The van der Waals surface area contributed by atoms with Gasteiger partial charge in [-0.1, -0.05) is 0 Å². The lowest BCUT2D eigenvalue weighted by molar-refractivity contribution is -0.129. The van der Waals surface area contributed by atoms with E-state index in [4.69, 9.17) is 10.5 Å². The number of carbonyl (C=O) groups is 2. The van der Waals surface area contributed by atoms with Crippen LogP contribution in [0.5, 0.6) is 0 Å². The summed E-state index contributed by atoms with van der Waals surface area (Å²) in [5.41, 5.74) is 6.52. The summed E-state index contributed by atoms with van der Waals surface area (Å²) in [4.78, 5) is 30.5. The fourth-order valence-corrected chi connectivity index (χ4v) is 2.86. The Morgan fingerprint density at radius 3 is 2.83 bits per heavy atom. The third-order valence-electron chi connectivity index (χ3n) is 3.95. The number of amides is 1.